The molecule has 1 aromatic heterocycles. The van der Waals surface area contributed by atoms with Crippen LogP contribution in [0.3, 0.4) is 0 Å². The van der Waals surface area contributed by atoms with Crippen LogP contribution in [0.15, 0.2) is 47.4 Å². The van der Waals surface area contributed by atoms with Crippen LogP contribution >= 0.6 is 0 Å². The van der Waals surface area contributed by atoms with E-state index in [1.54, 1.807) is 0 Å². The quantitative estimate of drug-likeness (QED) is 0.768. The van der Waals surface area contributed by atoms with Crippen LogP contribution in [0, 0.1) is 0 Å². The van der Waals surface area contributed by atoms with Crippen LogP contribution in [0.1, 0.15) is 11.1 Å². The Morgan fingerprint density at radius 3 is 2.47 bits per heavy atom. The summed E-state index contributed by atoms with van der Waals surface area (Å²) < 4.78 is 51.3. The van der Waals surface area contributed by atoms with Gasteiger partial charge in [-0.1, -0.05) is 6.07 Å². The highest BCUT2D eigenvalue weighted by Gasteiger charge is 2.30. The summed E-state index contributed by atoms with van der Waals surface area (Å²) in [5, 5.41) is 0. The maximum absolute atomic E-state index is 12.6. The summed E-state index contributed by atoms with van der Waals surface area (Å²) in [6, 6.07) is 6.74. The third-order valence-corrected chi connectivity index (χ3v) is 2.58. The molecule has 0 saturated heterocycles. The summed E-state index contributed by atoms with van der Waals surface area (Å²) in [5.74, 6) is 0. The zero-order chi connectivity index (χ0) is 14.0. The number of nitrogens with zero attached hydrogens (tertiary/aromatic N) is 1. The monoisotopic (exact) mass is 271 g/mol. The first-order chi connectivity index (χ1) is 8.91. The highest BCUT2D eigenvalue weighted by molar-refractivity contribution is 5.38. The molecule has 0 aliphatic rings. The predicted molar refractivity (Wildman–Crippen MR) is 61.9 cm³/mol. The first kappa shape index (κ1) is 13.3. The Morgan fingerprint density at radius 1 is 1.11 bits per heavy atom. The topological polar surface area (TPSA) is 22.0 Å². The molecule has 0 aliphatic heterocycles. The molecule has 0 bridgehead atoms. The van der Waals surface area contributed by atoms with Crippen LogP contribution in [-0.4, -0.2) is 4.57 Å². The van der Waals surface area contributed by atoms with Gasteiger partial charge in [-0.25, -0.2) is 4.39 Å². The van der Waals surface area contributed by atoms with Gasteiger partial charge in [-0.15, -0.1) is 0 Å². The minimum absolute atomic E-state index is 0.0510. The second kappa shape index (κ2) is 4.87. The van der Waals surface area contributed by atoms with Gasteiger partial charge in [0.2, 0.25) is 0 Å². The molecule has 0 fully saturated rings. The summed E-state index contributed by atoms with van der Waals surface area (Å²) in [5.41, 5.74) is -1.11. The van der Waals surface area contributed by atoms with E-state index in [2.05, 4.69) is 0 Å². The van der Waals surface area contributed by atoms with Gasteiger partial charge in [0.25, 0.3) is 5.56 Å². The first-order valence-corrected chi connectivity index (χ1v) is 5.37. The van der Waals surface area contributed by atoms with Crippen molar-refractivity contribution in [1.82, 2.24) is 4.57 Å². The number of rotatable bonds is 2. The van der Waals surface area contributed by atoms with E-state index < -0.39 is 24.0 Å². The number of halogens is 4. The predicted octanol–water partition coefficient (Wildman–Crippen LogP) is 3.33. The summed E-state index contributed by atoms with van der Waals surface area (Å²) in [7, 11) is 0. The molecule has 6 heteroatoms. The van der Waals surface area contributed by atoms with Gasteiger partial charge in [-0.05, 0) is 29.8 Å². The molecule has 0 unspecified atom stereocenters. The van der Waals surface area contributed by atoms with Gasteiger partial charge in [-0.2, -0.15) is 13.2 Å². The average Bonchev–Trinajstić information content (AvgIpc) is 2.38. The van der Waals surface area contributed by atoms with Gasteiger partial charge in [0.05, 0.1) is 5.56 Å². The van der Waals surface area contributed by atoms with Crippen molar-refractivity contribution in [2.24, 2.45) is 0 Å². The molecule has 100 valence electrons. The van der Waals surface area contributed by atoms with Gasteiger partial charge in [-0.3, -0.25) is 9.36 Å². The molecule has 0 atom stereocenters. The maximum Gasteiger partial charge on any atom is 0.416 e. The van der Waals surface area contributed by atoms with E-state index in [9.17, 15) is 22.4 Å². The van der Waals surface area contributed by atoms with Crippen LogP contribution in [0.5, 0.6) is 0 Å². The lowest BCUT2D eigenvalue weighted by Gasteiger charge is -2.11. The zero-order valence-electron chi connectivity index (χ0n) is 9.62. The number of alkyl halides is 4. The molecule has 1 heterocycles. The Balaban J connectivity index is 2.56. The normalized spacial score (nSPS) is 11.6. The zero-order valence-corrected chi connectivity index (χ0v) is 9.62. The van der Waals surface area contributed by atoms with E-state index in [1.807, 2.05) is 0 Å². The molecule has 0 N–H and O–H groups in total. The average molecular weight is 271 g/mol. The van der Waals surface area contributed by atoms with E-state index in [-0.39, 0.29) is 11.3 Å². The summed E-state index contributed by atoms with van der Waals surface area (Å²) in [4.78, 5) is 11.6. The van der Waals surface area contributed by atoms with Crippen molar-refractivity contribution in [2.45, 2.75) is 12.9 Å². The summed E-state index contributed by atoms with van der Waals surface area (Å²) >= 11 is 0. The fourth-order valence-electron chi connectivity index (χ4n) is 1.64. The van der Waals surface area contributed by atoms with Crippen molar-refractivity contribution >= 4 is 0 Å². The van der Waals surface area contributed by atoms with Crippen molar-refractivity contribution in [3.8, 4) is 5.69 Å². The summed E-state index contributed by atoms with van der Waals surface area (Å²) in [6.45, 7) is -0.792. The molecule has 0 spiro atoms. The van der Waals surface area contributed by atoms with Crippen LogP contribution in [0.25, 0.3) is 5.69 Å². The lowest BCUT2D eigenvalue weighted by atomic mass is 10.2. The smallest absolute Gasteiger partial charge is 0.284 e. The Bertz CT molecular complexity index is 646. The Hall–Kier alpha value is -2.11. The first-order valence-electron chi connectivity index (χ1n) is 5.37. The van der Waals surface area contributed by atoms with E-state index in [1.165, 1.54) is 24.4 Å². The van der Waals surface area contributed by atoms with Gasteiger partial charge in [0.15, 0.2) is 0 Å². The molecule has 0 radical (unpaired) electrons. The van der Waals surface area contributed by atoms with Gasteiger partial charge in [0, 0.05) is 18.0 Å². The fourth-order valence-corrected chi connectivity index (χ4v) is 1.64. The molecular formula is C13H9F4NO. The maximum atomic E-state index is 12.6. The number of hydrogen-bond donors (Lipinski definition) is 0. The number of pyridine rings is 1. The van der Waals surface area contributed by atoms with Crippen LogP contribution in [-0.2, 0) is 12.9 Å². The largest absolute Gasteiger partial charge is 0.416 e. The van der Waals surface area contributed by atoms with Crippen molar-refractivity contribution in [1.29, 1.82) is 0 Å². The highest BCUT2D eigenvalue weighted by Crippen LogP contribution is 2.30. The lowest BCUT2D eigenvalue weighted by Crippen LogP contribution is -2.17. The minimum atomic E-state index is -4.49. The van der Waals surface area contributed by atoms with Crippen LogP contribution in [0.4, 0.5) is 17.6 Å². The van der Waals surface area contributed by atoms with Gasteiger partial charge in [0.1, 0.15) is 6.67 Å². The summed E-state index contributed by atoms with van der Waals surface area (Å²) in [6.07, 6.45) is -3.30. The molecule has 19 heavy (non-hydrogen) atoms. The molecule has 1 aromatic carbocycles. The van der Waals surface area contributed by atoms with Crippen molar-refractivity contribution in [2.75, 3.05) is 0 Å². The van der Waals surface area contributed by atoms with E-state index in [0.29, 0.717) is 0 Å². The molecule has 0 aliphatic carbocycles. The van der Waals surface area contributed by atoms with Crippen LogP contribution < -0.4 is 5.56 Å². The Kier molecular flexibility index (Phi) is 3.42. The van der Waals surface area contributed by atoms with Crippen molar-refractivity contribution in [3.05, 3.63) is 64.1 Å². The SMILES string of the molecule is O=c1ccc(CF)cn1-c1cccc(C(F)(F)F)c1. The Labute approximate surface area is 105 Å². The molecule has 0 saturated carbocycles. The third-order valence-electron chi connectivity index (χ3n) is 2.58. The molecular weight excluding hydrogens is 262 g/mol. The molecule has 2 nitrogen and oxygen atoms in total. The standard InChI is InChI=1S/C13H9F4NO/c14-7-9-4-5-12(19)18(8-9)11-3-1-2-10(6-11)13(15,16)17/h1-6,8H,7H2. The van der Waals surface area contributed by atoms with E-state index in [4.69, 9.17) is 0 Å². The van der Waals surface area contributed by atoms with Gasteiger partial charge < -0.3 is 0 Å². The second-order valence-electron chi connectivity index (χ2n) is 3.93. The van der Waals surface area contributed by atoms with Crippen molar-refractivity contribution in [3.63, 3.8) is 0 Å². The number of aromatic nitrogens is 1. The lowest BCUT2D eigenvalue weighted by molar-refractivity contribution is -0.137. The van der Waals surface area contributed by atoms with Gasteiger partial charge >= 0.3 is 6.18 Å². The molecule has 2 aromatic rings. The second-order valence-corrected chi connectivity index (χ2v) is 3.93. The minimum Gasteiger partial charge on any atom is -0.284 e. The number of benzene rings is 1. The van der Waals surface area contributed by atoms with E-state index in [0.717, 1.165) is 22.8 Å². The number of hydrogen-bond acceptors (Lipinski definition) is 1. The third kappa shape index (κ3) is 2.83. The molecule has 0 amide bonds. The van der Waals surface area contributed by atoms with Crippen LogP contribution in [0.2, 0.25) is 0 Å². The molecule has 2 rings (SSSR count). The highest BCUT2D eigenvalue weighted by atomic mass is 19.4. The fraction of sp³-hybridized carbons (Fsp3) is 0.154. The van der Waals surface area contributed by atoms with Crippen molar-refractivity contribution < 1.29 is 17.6 Å². The van der Waals surface area contributed by atoms with E-state index >= 15 is 0 Å². The Morgan fingerprint density at radius 2 is 1.84 bits per heavy atom.